The second kappa shape index (κ2) is 4.25. The molecular formula is C10H19NOSi. The quantitative estimate of drug-likeness (QED) is 0.490. The van der Waals surface area contributed by atoms with E-state index < -0.39 is 8.32 Å². The van der Waals surface area contributed by atoms with Gasteiger partial charge in [0.05, 0.1) is 0 Å². The van der Waals surface area contributed by atoms with Crippen LogP contribution in [0, 0.1) is 6.57 Å². The van der Waals surface area contributed by atoms with Gasteiger partial charge < -0.3 is 9.27 Å². The highest BCUT2D eigenvalue weighted by atomic mass is 28.4. The normalized spacial score (nSPS) is 29.7. The van der Waals surface area contributed by atoms with Crippen LogP contribution in [0.15, 0.2) is 0 Å². The van der Waals surface area contributed by atoms with E-state index in [1.54, 1.807) is 0 Å². The van der Waals surface area contributed by atoms with Crippen LogP contribution in [0.2, 0.25) is 19.6 Å². The van der Waals surface area contributed by atoms with Crippen LogP contribution in [0.25, 0.3) is 4.85 Å². The number of hydrogen-bond donors (Lipinski definition) is 0. The average molecular weight is 197 g/mol. The maximum Gasteiger partial charge on any atom is 0.248 e. The molecule has 74 valence electrons. The lowest BCUT2D eigenvalue weighted by molar-refractivity contribution is 0.140. The van der Waals surface area contributed by atoms with Crippen molar-refractivity contribution >= 4 is 8.32 Å². The molecule has 0 aromatic carbocycles. The SMILES string of the molecule is [C-]#[N+][C@H]1CCCC[C@@H]1O[Si](C)(C)C. The molecule has 1 saturated carbocycles. The Labute approximate surface area is 82.2 Å². The highest BCUT2D eigenvalue weighted by Gasteiger charge is 2.33. The zero-order valence-electron chi connectivity index (χ0n) is 8.84. The van der Waals surface area contributed by atoms with Crippen LogP contribution in [0.5, 0.6) is 0 Å². The smallest absolute Gasteiger partial charge is 0.248 e. The Kier molecular flexibility index (Phi) is 3.52. The molecule has 1 rings (SSSR count). The average Bonchev–Trinajstić information content (AvgIpc) is 2.02. The Bertz CT molecular complexity index is 204. The van der Waals surface area contributed by atoms with Gasteiger partial charge >= 0.3 is 0 Å². The third-order valence-corrected chi connectivity index (χ3v) is 3.35. The highest BCUT2D eigenvalue weighted by Crippen LogP contribution is 2.26. The second-order valence-corrected chi connectivity index (χ2v) is 9.21. The van der Waals surface area contributed by atoms with Gasteiger partial charge in [0, 0.05) is 6.42 Å². The monoisotopic (exact) mass is 197 g/mol. The Balaban J connectivity index is 2.51. The molecule has 13 heavy (non-hydrogen) atoms. The molecule has 0 saturated heterocycles. The Hall–Kier alpha value is -0.333. The molecule has 1 aliphatic carbocycles. The lowest BCUT2D eigenvalue weighted by atomic mass is 9.93. The van der Waals surface area contributed by atoms with Crippen molar-refractivity contribution in [1.82, 2.24) is 0 Å². The van der Waals surface area contributed by atoms with E-state index in [-0.39, 0.29) is 12.1 Å². The minimum absolute atomic E-state index is 0.139. The van der Waals surface area contributed by atoms with E-state index in [1.165, 1.54) is 12.8 Å². The summed E-state index contributed by atoms with van der Waals surface area (Å²) in [6.07, 6.45) is 4.81. The molecule has 0 radical (unpaired) electrons. The molecule has 2 nitrogen and oxygen atoms in total. The highest BCUT2D eigenvalue weighted by molar-refractivity contribution is 6.69. The van der Waals surface area contributed by atoms with Crippen LogP contribution in [-0.4, -0.2) is 20.5 Å². The molecule has 0 unspecified atom stereocenters. The predicted molar refractivity (Wildman–Crippen MR) is 57.1 cm³/mol. The standard InChI is InChI=1S/C10H19NOSi/c1-11-9-7-5-6-8-10(9)12-13(2,3)4/h9-10H,5-8H2,2-4H3/t9-,10-/m0/s1. The first-order valence-corrected chi connectivity index (χ1v) is 8.48. The van der Waals surface area contributed by atoms with Gasteiger partial charge in [-0.1, -0.05) is 6.42 Å². The first-order chi connectivity index (χ1) is 6.03. The van der Waals surface area contributed by atoms with E-state index in [0.29, 0.717) is 0 Å². The van der Waals surface area contributed by atoms with Crippen molar-refractivity contribution in [2.75, 3.05) is 0 Å². The molecule has 0 aliphatic heterocycles. The summed E-state index contributed by atoms with van der Waals surface area (Å²) in [5.41, 5.74) is 0. The summed E-state index contributed by atoms with van der Waals surface area (Å²) in [5.74, 6) is 0. The lowest BCUT2D eigenvalue weighted by Crippen LogP contribution is -2.39. The summed E-state index contributed by atoms with van der Waals surface area (Å²) in [5, 5.41) is 0. The predicted octanol–water partition coefficient (Wildman–Crippen LogP) is 3.07. The number of rotatable bonds is 2. The molecule has 0 bridgehead atoms. The van der Waals surface area contributed by atoms with Gasteiger partial charge in [-0.05, 0) is 32.5 Å². The molecule has 1 fully saturated rings. The molecule has 0 heterocycles. The Morgan fingerprint density at radius 3 is 2.38 bits per heavy atom. The van der Waals surface area contributed by atoms with Gasteiger partial charge in [0.2, 0.25) is 6.04 Å². The molecule has 0 aromatic rings. The molecule has 0 aromatic heterocycles. The van der Waals surface area contributed by atoms with Crippen molar-refractivity contribution < 1.29 is 4.43 Å². The summed E-state index contributed by atoms with van der Waals surface area (Å²) in [7, 11) is -1.45. The first-order valence-electron chi connectivity index (χ1n) is 5.07. The van der Waals surface area contributed by atoms with E-state index in [0.717, 1.165) is 12.8 Å². The molecule has 0 amide bonds. The first kappa shape index (κ1) is 10.7. The van der Waals surface area contributed by atoms with Crippen molar-refractivity contribution in [3.05, 3.63) is 11.4 Å². The van der Waals surface area contributed by atoms with Crippen molar-refractivity contribution in [2.45, 2.75) is 57.5 Å². The van der Waals surface area contributed by atoms with Gasteiger partial charge in [-0.3, -0.25) is 0 Å². The topological polar surface area (TPSA) is 13.6 Å². The fourth-order valence-electron chi connectivity index (χ4n) is 1.82. The fraction of sp³-hybridized carbons (Fsp3) is 0.900. The fourth-order valence-corrected chi connectivity index (χ4v) is 3.00. The van der Waals surface area contributed by atoms with Gasteiger partial charge in [0.15, 0.2) is 8.32 Å². The summed E-state index contributed by atoms with van der Waals surface area (Å²) in [4.78, 5) is 3.66. The van der Waals surface area contributed by atoms with Crippen molar-refractivity contribution in [1.29, 1.82) is 0 Å². The van der Waals surface area contributed by atoms with Gasteiger partial charge in [-0.15, -0.1) is 0 Å². The van der Waals surface area contributed by atoms with E-state index in [9.17, 15) is 0 Å². The van der Waals surface area contributed by atoms with Crippen LogP contribution in [0.1, 0.15) is 25.7 Å². The molecule has 1 aliphatic rings. The maximum absolute atomic E-state index is 7.10. The van der Waals surface area contributed by atoms with Crippen LogP contribution >= 0.6 is 0 Å². The summed E-state index contributed by atoms with van der Waals surface area (Å²) in [6.45, 7) is 13.7. The summed E-state index contributed by atoms with van der Waals surface area (Å²) >= 11 is 0. The third kappa shape index (κ3) is 3.49. The Morgan fingerprint density at radius 1 is 1.23 bits per heavy atom. The molecule has 2 atom stereocenters. The minimum Gasteiger partial charge on any atom is -0.407 e. The van der Waals surface area contributed by atoms with Crippen LogP contribution in [-0.2, 0) is 4.43 Å². The second-order valence-electron chi connectivity index (χ2n) is 4.75. The lowest BCUT2D eigenvalue weighted by Gasteiger charge is -2.29. The van der Waals surface area contributed by atoms with Crippen molar-refractivity contribution in [2.24, 2.45) is 0 Å². The molecule has 0 N–H and O–H groups in total. The van der Waals surface area contributed by atoms with Gasteiger partial charge in [-0.2, -0.15) is 0 Å². The third-order valence-electron chi connectivity index (χ3n) is 2.34. The molecule has 0 spiro atoms. The molecule has 3 heteroatoms. The van der Waals surface area contributed by atoms with E-state index in [2.05, 4.69) is 24.5 Å². The van der Waals surface area contributed by atoms with Crippen LogP contribution < -0.4 is 0 Å². The van der Waals surface area contributed by atoms with E-state index >= 15 is 0 Å². The minimum atomic E-state index is -1.45. The zero-order valence-corrected chi connectivity index (χ0v) is 9.84. The molecular weight excluding hydrogens is 178 g/mol. The van der Waals surface area contributed by atoms with Gasteiger partial charge in [0.25, 0.3) is 0 Å². The summed E-state index contributed by atoms with van der Waals surface area (Å²) < 4.78 is 6.01. The van der Waals surface area contributed by atoms with Crippen LogP contribution in [0.4, 0.5) is 0 Å². The zero-order chi connectivity index (χ0) is 9.90. The maximum atomic E-state index is 7.10. The van der Waals surface area contributed by atoms with E-state index in [4.69, 9.17) is 11.0 Å². The number of nitrogens with zero attached hydrogens (tertiary/aromatic N) is 1. The summed E-state index contributed by atoms with van der Waals surface area (Å²) in [6, 6.07) is 0.139. The van der Waals surface area contributed by atoms with Gasteiger partial charge in [0.1, 0.15) is 6.10 Å². The van der Waals surface area contributed by atoms with E-state index in [1.807, 2.05) is 0 Å². The van der Waals surface area contributed by atoms with Crippen molar-refractivity contribution in [3.8, 4) is 0 Å². The number of hydrogen-bond acceptors (Lipinski definition) is 1. The van der Waals surface area contributed by atoms with Gasteiger partial charge in [-0.25, -0.2) is 6.57 Å². The Morgan fingerprint density at radius 2 is 1.85 bits per heavy atom. The largest absolute Gasteiger partial charge is 0.407 e. The van der Waals surface area contributed by atoms with Crippen molar-refractivity contribution in [3.63, 3.8) is 0 Å². The van der Waals surface area contributed by atoms with Crippen LogP contribution in [0.3, 0.4) is 0 Å².